The summed E-state index contributed by atoms with van der Waals surface area (Å²) >= 11 is 0. The predicted octanol–water partition coefficient (Wildman–Crippen LogP) is 2.86. The quantitative estimate of drug-likeness (QED) is 0.561. The Hall–Kier alpha value is -2.43. The summed E-state index contributed by atoms with van der Waals surface area (Å²) in [5.41, 5.74) is 1.22. The average molecular weight is 315 g/mol. The van der Waals surface area contributed by atoms with E-state index in [9.17, 15) is 14.4 Å². The van der Waals surface area contributed by atoms with E-state index in [1.807, 2.05) is 30.3 Å². The van der Waals surface area contributed by atoms with Gasteiger partial charge in [-0.1, -0.05) is 49.6 Å². The highest BCUT2D eigenvalue weighted by molar-refractivity contribution is 6.33. The van der Waals surface area contributed by atoms with Crippen molar-refractivity contribution in [2.45, 2.75) is 38.5 Å². The number of hydrogen-bond acceptors (Lipinski definition) is 3. The molecule has 5 heteroatoms. The van der Waals surface area contributed by atoms with Crippen LogP contribution in [0.2, 0.25) is 0 Å². The molecule has 122 valence electrons. The van der Waals surface area contributed by atoms with Gasteiger partial charge in [0.15, 0.2) is 0 Å². The maximum absolute atomic E-state index is 12.3. The molecule has 1 heterocycles. The van der Waals surface area contributed by atoms with Crippen LogP contribution in [0.1, 0.15) is 44.1 Å². The molecule has 2 rings (SSSR count). The number of hydrogen-bond donors (Lipinski definition) is 1. The minimum Gasteiger partial charge on any atom is -0.481 e. The van der Waals surface area contributed by atoms with Crippen LogP contribution >= 0.6 is 0 Å². The molecule has 1 N–H and O–H groups in total. The lowest BCUT2D eigenvalue weighted by molar-refractivity contribution is -0.138. The third kappa shape index (κ3) is 4.77. The summed E-state index contributed by atoms with van der Waals surface area (Å²) in [6.07, 6.45) is 5.70. The average Bonchev–Trinajstić information content (AvgIpc) is 2.82. The van der Waals surface area contributed by atoms with Gasteiger partial charge in [0, 0.05) is 19.0 Å². The van der Waals surface area contributed by atoms with Crippen LogP contribution in [-0.2, 0) is 14.4 Å². The molecule has 0 unspecified atom stereocenters. The molecule has 0 radical (unpaired) electrons. The molecule has 0 saturated heterocycles. The van der Waals surface area contributed by atoms with Gasteiger partial charge < -0.3 is 5.11 Å². The van der Waals surface area contributed by atoms with E-state index in [1.54, 1.807) is 0 Å². The van der Waals surface area contributed by atoms with Crippen LogP contribution < -0.4 is 0 Å². The van der Waals surface area contributed by atoms with Crippen molar-refractivity contribution < 1.29 is 19.5 Å². The van der Waals surface area contributed by atoms with Crippen molar-refractivity contribution in [2.24, 2.45) is 0 Å². The van der Waals surface area contributed by atoms with Crippen molar-refractivity contribution >= 4 is 23.4 Å². The number of carbonyl (C=O) groups excluding carboxylic acids is 2. The number of carbonyl (C=O) groups is 3. The molecule has 1 aliphatic heterocycles. The molecule has 1 aliphatic rings. The summed E-state index contributed by atoms with van der Waals surface area (Å²) in [6, 6.07) is 9.20. The first-order chi connectivity index (χ1) is 11.1. The Morgan fingerprint density at radius 1 is 0.957 bits per heavy atom. The minimum atomic E-state index is -0.766. The van der Waals surface area contributed by atoms with E-state index in [-0.39, 0.29) is 18.2 Å². The molecule has 0 atom stereocenters. The van der Waals surface area contributed by atoms with Crippen molar-refractivity contribution in [1.29, 1.82) is 0 Å². The SMILES string of the molecule is O=C(O)CCCCCCCN1C(=O)C=C(c2ccccc2)C1=O. The summed E-state index contributed by atoms with van der Waals surface area (Å²) in [4.78, 5) is 36.0. The summed E-state index contributed by atoms with van der Waals surface area (Å²) in [7, 11) is 0. The van der Waals surface area contributed by atoms with Crippen molar-refractivity contribution in [1.82, 2.24) is 4.90 Å². The third-order valence-corrected chi connectivity index (χ3v) is 3.87. The van der Waals surface area contributed by atoms with Crippen LogP contribution in [0.3, 0.4) is 0 Å². The third-order valence-electron chi connectivity index (χ3n) is 3.87. The fourth-order valence-electron chi connectivity index (χ4n) is 2.62. The second-order valence-electron chi connectivity index (χ2n) is 5.63. The molecule has 0 spiro atoms. The van der Waals surface area contributed by atoms with Crippen LogP contribution in [-0.4, -0.2) is 34.3 Å². The molecule has 5 nitrogen and oxygen atoms in total. The molecule has 0 aromatic heterocycles. The molecule has 0 saturated carbocycles. The maximum atomic E-state index is 12.3. The summed E-state index contributed by atoms with van der Waals surface area (Å²) < 4.78 is 0. The van der Waals surface area contributed by atoms with E-state index in [0.29, 0.717) is 18.5 Å². The molecule has 1 aromatic rings. The van der Waals surface area contributed by atoms with Gasteiger partial charge in [0.1, 0.15) is 0 Å². The first kappa shape index (κ1) is 16.9. The van der Waals surface area contributed by atoms with E-state index >= 15 is 0 Å². The summed E-state index contributed by atoms with van der Waals surface area (Å²) in [5.74, 6) is -1.25. The van der Waals surface area contributed by atoms with Crippen LogP contribution in [0.5, 0.6) is 0 Å². The first-order valence-corrected chi connectivity index (χ1v) is 7.94. The molecule has 23 heavy (non-hydrogen) atoms. The van der Waals surface area contributed by atoms with Gasteiger partial charge in [-0.15, -0.1) is 0 Å². The fraction of sp³-hybridized carbons (Fsp3) is 0.389. The Morgan fingerprint density at radius 3 is 2.30 bits per heavy atom. The Balaban J connectivity index is 1.74. The number of benzene rings is 1. The van der Waals surface area contributed by atoms with Gasteiger partial charge in [0.25, 0.3) is 11.8 Å². The van der Waals surface area contributed by atoms with E-state index in [2.05, 4.69) is 0 Å². The lowest BCUT2D eigenvalue weighted by Gasteiger charge is -2.14. The summed E-state index contributed by atoms with van der Waals surface area (Å²) in [6.45, 7) is 0.420. The Morgan fingerprint density at radius 2 is 1.61 bits per heavy atom. The predicted molar refractivity (Wildman–Crippen MR) is 86.5 cm³/mol. The number of imide groups is 1. The van der Waals surface area contributed by atoms with E-state index in [4.69, 9.17) is 5.11 Å². The van der Waals surface area contributed by atoms with Crippen molar-refractivity contribution in [3.8, 4) is 0 Å². The zero-order chi connectivity index (χ0) is 16.7. The number of carboxylic acids is 1. The van der Waals surface area contributed by atoms with Crippen LogP contribution in [0, 0.1) is 0 Å². The van der Waals surface area contributed by atoms with Crippen LogP contribution in [0.25, 0.3) is 5.57 Å². The zero-order valence-electron chi connectivity index (χ0n) is 13.0. The lowest BCUT2D eigenvalue weighted by Crippen LogP contribution is -2.31. The minimum absolute atomic E-state index is 0.202. The molecule has 2 amide bonds. The van der Waals surface area contributed by atoms with Crippen LogP contribution in [0.15, 0.2) is 36.4 Å². The Labute approximate surface area is 135 Å². The number of aliphatic carboxylic acids is 1. The van der Waals surface area contributed by atoms with Gasteiger partial charge in [-0.2, -0.15) is 0 Å². The van der Waals surface area contributed by atoms with Gasteiger partial charge in [0.2, 0.25) is 0 Å². The number of amides is 2. The molecular weight excluding hydrogens is 294 g/mol. The van der Waals surface area contributed by atoms with E-state index in [0.717, 1.165) is 31.2 Å². The maximum Gasteiger partial charge on any atom is 0.303 e. The smallest absolute Gasteiger partial charge is 0.303 e. The topological polar surface area (TPSA) is 74.7 Å². The lowest BCUT2D eigenvalue weighted by atomic mass is 10.1. The van der Waals surface area contributed by atoms with Crippen LogP contribution in [0.4, 0.5) is 0 Å². The number of unbranched alkanes of at least 4 members (excludes halogenated alkanes) is 4. The largest absolute Gasteiger partial charge is 0.481 e. The number of nitrogens with zero attached hydrogens (tertiary/aromatic N) is 1. The fourth-order valence-corrected chi connectivity index (χ4v) is 2.62. The first-order valence-electron chi connectivity index (χ1n) is 7.94. The molecular formula is C18H21NO4. The van der Waals surface area contributed by atoms with E-state index in [1.165, 1.54) is 11.0 Å². The standard InChI is InChI=1S/C18H21NO4/c20-16-13-15(14-9-5-4-6-10-14)18(23)19(16)12-8-3-1-2-7-11-17(21)22/h4-6,9-10,13H,1-3,7-8,11-12H2,(H,21,22). The van der Waals surface area contributed by atoms with Gasteiger partial charge in [-0.25, -0.2) is 0 Å². The Kier molecular flexibility index (Phi) is 6.09. The van der Waals surface area contributed by atoms with E-state index < -0.39 is 5.97 Å². The second kappa shape index (κ2) is 8.27. The Bertz CT molecular complexity index is 607. The monoisotopic (exact) mass is 315 g/mol. The zero-order valence-corrected chi connectivity index (χ0v) is 13.0. The molecule has 0 aliphatic carbocycles. The van der Waals surface area contributed by atoms with Gasteiger partial charge >= 0.3 is 5.97 Å². The highest BCUT2D eigenvalue weighted by Crippen LogP contribution is 2.23. The number of carboxylic acid groups (broad SMARTS) is 1. The highest BCUT2D eigenvalue weighted by atomic mass is 16.4. The van der Waals surface area contributed by atoms with Crippen molar-refractivity contribution in [3.05, 3.63) is 42.0 Å². The molecule has 0 bridgehead atoms. The van der Waals surface area contributed by atoms with Gasteiger partial charge in [-0.3, -0.25) is 19.3 Å². The van der Waals surface area contributed by atoms with Crippen molar-refractivity contribution in [3.63, 3.8) is 0 Å². The molecule has 0 fully saturated rings. The van der Waals surface area contributed by atoms with Gasteiger partial charge in [-0.05, 0) is 18.4 Å². The van der Waals surface area contributed by atoms with Crippen molar-refractivity contribution in [2.75, 3.05) is 6.54 Å². The molecule has 1 aromatic carbocycles. The number of rotatable bonds is 9. The van der Waals surface area contributed by atoms with Gasteiger partial charge in [0.05, 0.1) is 5.57 Å². The second-order valence-corrected chi connectivity index (χ2v) is 5.63. The summed E-state index contributed by atoms with van der Waals surface area (Å²) in [5, 5.41) is 8.55. The highest BCUT2D eigenvalue weighted by Gasteiger charge is 2.30. The normalized spacial score (nSPS) is 14.3.